The molecule has 0 aliphatic carbocycles. The van der Waals surface area contributed by atoms with E-state index in [0.717, 1.165) is 10.0 Å². The Morgan fingerprint density at radius 3 is 2.48 bits per heavy atom. The first-order valence-electron chi connectivity index (χ1n) is 6.20. The van der Waals surface area contributed by atoms with E-state index in [1.807, 2.05) is 24.3 Å². The molecule has 0 amide bonds. The molecular formula is C15H13BrF3NO. The van der Waals surface area contributed by atoms with E-state index in [-0.39, 0.29) is 5.75 Å². The molecule has 1 unspecified atom stereocenters. The van der Waals surface area contributed by atoms with E-state index in [4.69, 9.17) is 5.73 Å². The highest BCUT2D eigenvalue weighted by Crippen LogP contribution is 2.31. The summed E-state index contributed by atoms with van der Waals surface area (Å²) in [6, 6.07) is 12.8. The van der Waals surface area contributed by atoms with Crippen molar-refractivity contribution in [2.75, 3.05) is 0 Å². The van der Waals surface area contributed by atoms with E-state index >= 15 is 0 Å². The molecule has 0 fully saturated rings. The van der Waals surface area contributed by atoms with E-state index < -0.39 is 12.4 Å². The average molecular weight is 360 g/mol. The summed E-state index contributed by atoms with van der Waals surface area (Å²) in [5, 5.41) is 0. The minimum Gasteiger partial charge on any atom is -0.405 e. The van der Waals surface area contributed by atoms with Crippen molar-refractivity contribution in [2.45, 2.75) is 18.8 Å². The van der Waals surface area contributed by atoms with Gasteiger partial charge in [-0.25, -0.2) is 0 Å². The van der Waals surface area contributed by atoms with Crippen LogP contribution in [0.5, 0.6) is 5.75 Å². The maximum atomic E-state index is 12.4. The first kappa shape index (κ1) is 15.9. The van der Waals surface area contributed by atoms with E-state index in [0.29, 0.717) is 12.0 Å². The molecule has 1 atom stereocenters. The number of halogens is 4. The minimum atomic E-state index is -4.73. The molecule has 0 aliphatic heterocycles. The van der Waals surface area contributed by atoms with Crippen LogP contribution in [0, 0.1) is 0 Å². The lowest BCUT2D eigenvalue weighted by Gasteiger charge is -2.18. The molecule has 2 N–H and O–H groups in total. The molecule has 0 radical (unpaired) electrons. The van der Waals surface area contributed by atoms with Crippen LogP contribution in [0.1, 0.15) is 17.2 Å². The fourth-order valence-corrected chi connectivity index (χ4v) is 2.48. The highest BCUT2D eigenvalue weighted by molar-refractivity contribution is 9.10. The maximum absolute atomic E-state index is 12.4. The van der Waals surface area contributed by atoms with Gasteiger partial charge in [-0.15, -0.1) is 13.2 Å². The molecule has 2 nitrogen and oxygen atoms in total. The van der Waals surface area contributed by atoms with Crippen molar-refractivity contribution in [1.29, 1.82) is 0 Å². The Labute approximate surface area is 128 Å². The summed E-state index contributed by atoms with van der Waals surface area (Å²) in [5.74, 6) is -0.257. The van der Waals surface area contributed by atoms with Crippen molar-refractivity contribution in [3.63, 3.8) is 0 Å². The average Bonchev–Trinajstić information content (AvgIpc) is 2.37. The molecule has 0 aliphatic rings. The summed E-state index contributed by atoms with van der Waals surface area (Å²) in [7, 11) is 0. The van der Waals surface area contributed by atoms with Crippen LogP contribution < -0.4 is 10.5 Å². The predicted octanol–water partition coefficient (Wildman–Crippen LogP) is 4.59. The van der Waals surface area contributed by atoms with Crippen molar-refractivity contribution < 1.29 is 17.9 Å². The fourth-order valence-electron chi connectivity index (χ4n) is 2.03. The predicted molar refractivity (Wildman–Crippen MR) is 77.9 cm³/mol. The molecule has 2 aromatic rings. The Morgan fingerprint density at radius 2 is 1.81 bits per heavy atom. The van der Waals surface area contributed by atoms with Gasteiger partial charge in [-0.1, -0.05) is 46.3 Å². The lowest BCUT2D eigenvalue weighted by molar-refractivity contribution is -0.275. The Bertz CT molecular complexity index is 616. The summed E-state index contributed by atoms with van der Waals surface area (Å²) in [5.41, 5.74) is 7.29. The minimum absolute atomic E-state index is 0.257. The van der Waals surface area contributed by atoms with E-state index in [9.17, 15) is 13.2 Å². The summed E-state index contributed by atoms with van der Waals surface area (Å²) in [6.45, 7) is 0. The van der Waals surface area contributed by atoms with Gasteiger partial charge in [0.1, 0.15) is 5.75 Å². The van der Waals surface area contributed by atoms with Gasteiger partial charge < -0.3 is 10.5 Å². The molecule has 0 spiro atoms. The molecular weight excluding hydrogens is 347 g/mol. The lowest BCUT2D eigenvalue weighted by Crippen LogP contribution is -2.21. The second kappa shape index (κ2) is 6.49. The van der Waals surface area contributed by atoms with Gasteiger partial charge >= 0.3 is 6.36 Å². The molecule has 6 heteroatoms. The monoisotopic (exact) mass is 359 g/mol. The molecule has 0 aromatic heterocycles. The standard InChI is InChI=1S/C15H13BrF3NO/c16-11-5-3-4-10(8-11)9-13(20)12-6-1-2-7-14(12)21-15(17,18)19/h1-8,13H,9,20H2. The molecule has 112 valence electrons. The van der Waals surface area contributed by atoms with Crippen LogP contribution in [0.25, 0.3) is 0 Å². The first-order valence-corrected chi connectivity index (χ1v) is 6.99. The number of benzene rings is 2. The van der Waals surface area contributed by atoms with Gasteiger partial charge in [-0.2, -0.15) is 0 Å². The largest absolute Gasteiger partial charge is 0.573 e. The zero-order valence-electron chi connectivity index (χ0n) is 10.9. The maximum Gasteiger partial charge on any atom is 0.573 e. The number of rotatable bonds is 4. The smallest absolute Gasteiger partial charge is 0.405 e. The molecule has 0 saturated carbocycles. The Hall–Kier alpha value is -1.53. The lowest BCUT2D eigenvalue weighted by atomic mass is 9.99. The molecule has 21 heavy (non-hydrogen) atoms. The third-order valence-electron chi connectivity index (χ3n) is 2.89. The molecule has 0 bridgehead atoms. The van der Waals surface area contributed by atoms with Crippen LogP contribution >= 0.6 is 15.9 Å². The zero-order valence-corrected chi connectivity index (χ0v) is 12.5. The van der Waals surface area contributed by atoms with Crippen LogP contribution in [0.15, 0.2) is 53.0 Å². The van der Waals surface area contributed by atoms with Crippen molar-refractivity contribution in [1.82, 2.24) is 0 Å². The van der Waals surface area contributed by atoms with Gasteiger partial charge in [0.15, 0.2) is 0 Å². The second-order valence-electron chi connectivity index (χ2n) is 4.53. The molecule has 2 rings (SSSR count). The van der Waals surface area contributed by atoms with Gasteiger partial charge in [0, 0.05) is 16.1 Å². The number of nitrogens with two attached hydrogens (primary N) is 1. The Balaban J connectivity index is 2.21. The third kappa shape index (κ3) is 4.75. The molecule has 2 aromatic carbocycles. The second-order valence-corrected chi connectivity index (χ2v) is 5.44. The van der Waals surface area contributed by atoms with Gasteiger partial charge in [0.05, 0.1) is 0 Å². The van der Waals surface area contributed by atoms with E-state index in [1.165, 1.54) is 12.1 Å². The van der Waals surface area contributed by atoms with Gasteiger partial charge in [-0.3, -0.25) is 0 Å². The molecule has 0 saturated heterocycles. The highest BCUT2D eigenvalue weighted by Gasteiger charge is 2.32. The first-order chi connectivity index (χ1) is 9.85. The van der Waals surface area contributed by atoms with Crippen molar-refractivity contribution in [3.8, 4) is 5.75 Å². The summed E-state index contributed by atoms with van der Waals surface area (Å²) in [4.78, 5) is 0. The van der Waals surface area contributed by atoms with Crippen molar-refractivity contribution in [2.24, 2.45) is 5.73 Å². The quantitative estimate of drug-likeness (QED) is 0.866. The Morgan fingerprint density at radius 1 is 1.10 bits per heavy atom. The van der Waals surface area contributed by atoms with Crippen LogP contribution in [0.4, 0.5) is 13.2 Å². The summed E-state index contributed by atoms with van der Waals surface area (Å²) in [6.07, 6.45) is -4.32. The van der Waals surface area contributed by atoms with E-state index in [2.05, 4.69) is 20.7 Å². The van der Waals surface area contributed by atoms with Crippen molar-refractivity contribution >= 4 is 15.9 Å². The summed E-state index contributed by atoms with van der Waals surface area (Å²) < 4.78 is 42.1. The Kier molecular flexibility index (Phi) is 4.90. The van der Waals surface area contributed by atoms with Crippen LogP contribution in [-0.4, -0.2) is 6.36 Å². The number of para-hydroxylation sites is 1. The number of hydrogen-bond acceptors (Lipinski definition) is 2. The van der Waals surface area contributed by atoms with Gasteiger partial charge in [-0.05, 0) is 30.2 Å². The highest BCUT2D eigenvalue weighted by atomic mass is 79.9. The number of ether oxygens (including phenoxy) is 1. The van der Waals surface area contributed by atoms with E-state index in [1.54, 1.807) is 12.1 Å². The normalized spacial score (nSPS) is 13.0. The number of hydrogen-bond donors (Lipinski definition) is 1. The summed E-state index contributed by atoms with van der Waals surface area (Å²) >= 11 is 3.35. The van der Waals surface area contributed by atoms with Crippen molar-refractivity contribution in [3.05, 3.63) is 64.1 Å². The van der Waals surface area contributed by atoms with Gasteiger partial charge in [0.25, 0.3) is 0 Å². The zero-order chi connectivity index (χ0) is 15.5. The molecule has 0 heterocycles. The SMILES string of the molecule is NC(Cc1cccc(Br)c1)c1ccccc1OC(F)(F)F. The number of alkyl halides is 3. The van der Waals surface area contributed by atoms with Gasteiger partial charge in [0.2, 0.25) is 0 Å². The third-order valence-corrected chi connectivity index (χ3v) is 3.38. The van der Waals surface area contributed by atoms with Crippen LogP contribution in [0.2, 0.25) is 0 Å². The van der Waals surface area contributed by atoms with Crippen LogP contribution in [0.3, 0.4) is 0 Å². The topological polar surface area (TPSA) is 35.2 Å². The van der Waals surface area contributed by atoms with Crippen LogP contribution in [-0.2, 0) is 6.42 Å². The fraction of sp³-hybridized carbons (Fsp3) is 0.200.